The number of nitrogens with one attached hydrogen (secondary N) is 2. The van der Waals surface area contributed by atoms with Crippen LogP contribution in [0.2, 0.25) is 0 Å². The van der Waals surface area contributed by atoms with E-state index < -0.39 is 17.6 Å². The maximum atomic E-state index is 13.3. The van der Waals surface area contributed by atoms with E-state index in [-0.39, 0.29) is 30.4 Å². The Bertz CT molecular complexity index is 1070. The number of fused-ring (bicyclic) bond motifs is 3. The Kier molecular flexibility index (Phi) is 6.50. The molecule has 0 atom stereocenters. The van der Waals surface area contributed by atoms with Gasteiger partial charge in [-0.15, -0.1) is 0 Å². The van der Waals surface area contributed by atoms with Crippen LogP contribution in [0.3, 0.4) is 0 Å². The number of benzene rings is 2. The van der Waals surface area contributed by atoms with Crippen molar-refractivity contribution < 1.29 is 24.2 Å². The summed E-state index contributed by atoms with van der Waals surface area (Å²) >= 11 is 0. The molecule has 2 amide bonds. The van der Waals surface area contributed by atoms with Gasteiger partial charge in [0.1, 0.15) is 12.1 Å². The Balaban J connectivity index is 1.21. The number of hydrogen-bond donors (Lipinski definition) is 3. The molecule has 3 aliphatic rings. The van der Waals surface area contributed by atoms with Gasteiger partial charge in [0, 0.05) is 12.0 Å². The summed E-state index contributed by atoms with van der Waals surface area (Å²) in [7, 11) is 0. The quantitative estimate of drug-likeness (QED) is 0.565. The van der Waals surface area contributed by atoms with Crippen molar-refractivity contribution in [2.24, 2.45) is 5.92 Å². The van der Waals surface area contributed by atoms with Gasteiger partial charge in [0.15, 0.2) is 0 Å². The number of carbonyl (C=O) groups excluding carboxylic acids is 2. The zero-order valence-corrected chi connectivity index (χ0v) is 19.8. The van der Waals surface area contributed by atoms with Crippen molar-refractivity contribution in [1.82, 2.24) is 10.6 Å². The van der Waals surface area contributed by atoms with E-state index in [1.165, 1.54) is 11.1 Å². The molecule has 0 aromatic heterocycles. The summed E-state index contributed by atoms with van der Waals surface area (Å²) in [5, 5.41) is 15.2. The number of rotatable bonds is 6. The molecule has 0 spiro atoms. The molecule has 3 aliphatic carbocycles. The molecule has 0 unspecified atom stereocenters. The fourth-order valence-corrected chi connectivity index (χ4v) is 6.03. The Morgan fingerprint density at radius 2 is 1.46 bits per heavy atom. The fraction of sp³-hybridized carbons (Fsp3) is 0.464. The molecule has 0 bridgehead atoms. The van der Waals surface area contributed by atoms with Crippen LogP contribution < -0.4 is 10.6 Å². The van der Waals surface area contributed by atoms with E-state index in [2.05, 4.69) is 34.9 Å². The Labute approximate surface area is 205 Å². The van der Waals surface area contributed by atoms with Crippen LogP contribution in [0.5, 0.6) is 0 Å². The van der Waals surface area contributed by atoms with E-state index >= 15 is 0 Å². The average Bonchev–Trinajstić information content (AvgIpc) is 3.47. The van der Waals surface area contributed by atoms with E-state index in [0.717, 1.165) is 24.0 Å². The molecular weight excluding hydrogens is 444 g/mol. The molecule has 0 saturated heterocycles. The van der Waals surface area contributed by atoms with Gasteiger partial charge in [0.05, 0.1) is 5.92 Å². The molecule has 0 heterocycles. The highest BCUT2D eigenvalue weighted by Crippen LogP contribution is 2.44. The van der Waals surface area contributed by atoms with Gasteiger partial charge in [-0.1, -0.05) is 61.4 Å². The Morgan fingerprint density at radius 3 is 2.03 bits per heavy atom. The summed E-state index contributed by atoms with van der Waals surface area (Å²) in [4.78, 5) is 37.4. The minimum absolute atomic E-state index is 0.0362. The second kappa shape index (κ2) is 9.72. The molecule has 35 heavy (non-hydrogen) atoms. The monoisotopic (exact) mass is 476 g/mol. The van der Waals surface area contributed by atoms with Crippen LogP contribution in [0.25, 0.3) is 11.1 Å². The van der Waals surface area contributed by atoms with E-state index in [9.17, 15) is 19.5 Å². The van der Waals surface area contributed by atoms with Crippen molar-refractivity contribution in [2.45, 2.75) is 68.9 Å². The first-order valence-corrected chi connectivity index (χ1v) is 12.6. The first-order chi connectivity index (χ1) is 17.0. The van der Waals surface area contributed by atoms with Crippen LogP contribution in [0.4, 0.5) is 4.79 Å². The summed E-state index contributed by atoms with van der Waals surface area (Å²) in [5.41, 5.74) is 3.66. The molecule has 2 aromatic rings. The van der Waals surface area contributed by atoms with E-state index in [1.54, 1.807) is 0 Å². The minimum Gasteiger partial charge on any atom is -0.481 e. The van der Waals surface area contributed by atoms with Gasteiger partial charge in [0.2, 0.25) is 5.91 Å². The van der Waals surface area contributed by atoms with Crippen molar-refractivity contribution in [1.29, 1.82) is 0 Å². The van der Waals surface area contributed by atoms with Gasteiger partial charge in [-0.3, -0.25) is 9.59 Å². The SMILES string of the molecule is O=C(NC1(C(=O)NC2CCC(C(=O)O)CC2)CCCC1)OCC1c2ccccc2-c2ccccc21. The second-order valence-electron chi connectivity index (χ2n) is 10.1. The molecule has 7 nitrogen and oxygen atoms in total. The highest BCUT2D eigenvalue weighted by molar-refractivity contribution is 5.90. The molecule has 7 heteroatoms. The minimum atomic E-state index is -0.966. The third kappa shape index (κ3) is 4.64. The van der Waals surface area contributed by atoms with Crippen LogP contribution in [-0.4, -0.2) is 41.3 Å². The number of carboxylic acid groups (broad SMARTS) is 1. The van der Waals surface area contributed by atoms with Gasteiger partial charge in [-0.2, -0.15) is 0 Å². The van der Waals surface area contributed by atoms with E-state index in [4.69, 9.17) is 4.74 Å². The van der Waals surface area contributed by atoms with Crippen LogP contribution in [0, 0.1) is 5.92 Å². The van der Waals surface area contributed by atoms with Crippen molar-refractivity contribution >= 4 is 18.0 Å². The summed E-state index contributed by atoms with van der Waals surface area (Å²) in [5.74, 6) is -1.31. The smallest absolute Gasteiger partial charge is 0.408 e. The standard InChI is InChI=1S/C28H32N2O5/c31-25(32)18-11-13-19(14-12-18)29-26(33)28(15-5-6-16-28)30-27(34)35-17-24-22-9-3-1-7-20(22)21-8-2-4-10-23(21)24/h1-4,7-10,18-19,24H,5-6,11-17H2,(H,29,33)(H,30,34)(H,31,32). The lowest BCUT2D eigenvalue weighted by molar-refractivity contribution is -0.142. The molecule has 2 saturated carbocycles. The molecule has 0 radical (unpaired) electrons. The number of amides is 2. The highest BCUT2D eigenvalue weighted by Gasteiger charge is 2.44. The first-order valence-electron chi connectivity index (χ1n) is 12.6. The van der Waals surface area contributed by atoms with Crippen molar-refractivity contribution in [3.63, 3.8) is 0 Å². The molecule has 2 aromatic carbocycles. The summed E-state index contributed by atoms with van der Waals surface area (Å²) in [6.45, 7) is 0.205. The largest absolute Gasteiger partial charge is 0.481 e. The number of carbonyl (C=O) groups is 3. The van der Waals surface area contributed by atoms with Crippen LogP contribution in [0.15, 0.2) is 48.5 Å². The topological polar surface area (TPSA) is 105 Å². The maximum absolute atomic E-state index is 13.3. The van der Waals surface area contributed by atoms with Gasteiger partial charge in [0.25, 0.3) is 0 Å². The first kappa shape index (κ1) is 23.4. The van der Waals surface area contributed by atoms with E-state index in [1.807, 2.05) is 24.3 Å². The van der Waals surface area contributed by atoms with Gasteiger partial charge in [-0.25, -0.2) is 4.79 Å². The third-order valence-electron chi connectivity index (χ3n) is 7.99. The number of carboxylic acids is 1. The van der Waals surface area contributed by atoms with Crippen LogP contribution in [-0.2, 0) is 14.3 Å². The summed E-state index contributed by atoms with van der Waals surface area (Å²) in [6, 6.07) is 16.3. The molecule has 184 valence electrons. The zero-order chi connectivity index (χ0) is 24.4. The lowest BCUT2D eigenvalue weighted by Crippen LogP contribution is -2.59. The second-order valence-corrected chi connectivity index (χ2v) is 10.1. The zero-order valence-electron chi connectivity index (χ0n) is 19.8. The molecule has 3 N–H and O–H groups in total. The van der Waals surface area contributed by atoms with Gasteiger partial charge in [-0.05, 0) is 60.8 Å². The lowest BCUT2D eigenvalue weighted by atomic mass is 9.85. The van der Waals surface area contributed by atoms with Crippen LogP contribution >= 0.6 is 0 Å². The third-order valence-corrected chi connectivity index (χ3v) is 7.99. The Hall–Kier alpha value is -3.35. The number of ether oxygens (including phenoxy) is 1. The molecule has 5 rings (SSSR count). The lowest BCUT2D eigenvalue weighted by Gasteiger charge is -2.33. The number of aliphatic carboxylic acids is 1. The maximum Gasteiger partial charge on any atom is 0.408 e. The average molecular weight is 477 g/mol. The van der Waals surface area contributed by atoms with Crippen LogP contribution in [0.1, 0.15) is 68.4 Å². The molecule has 0 aliphatic heterocycles. The molecule has 2 fully saturated rings. The molecular formula is C28H32N2O5. The normalized spacial score (nSPS) is 22.6. The number of alkyl carbamates (subject to hydrolysis) is 1. The van der Waals surface area contributed by atoms with E-state index in [0.29, 0.717) is 38.5 Å². The highest BCUT2D eigenvalue weighted by atomic mass is 16.5. The Morgan fingerprint density at radius 1 is 0.886 bits per heavy atom. The summed E-state index contributed by atoms with van der Waals surface area (Å²) < 4.78 is 5.71. The predicted molar refractivity (Wildman–Crippen MR) is 131 cm³/mol. The van der Waals surface area contributed by atoms with Crippen molar-refractivity contribution in [3.05, 3.63) is 59.7 Å². The van der Waals surface area contributed by atoms with Gasteiger partial charge < -0.3 is 20.5 Å². The fourth-order valence-electron chi connectivity index (χ4n) is 6.03. The van der Waals surface area contributed by atoms with Crippen molar-refractivity contribution in [2.75, 3.05) is 6.61 Å². The van der Waals surface area contributed by atoms with Crippen molar-refractivity contribution in [3.8, 4) is 11.1 Å². The predicted octanol–water partition coefficient (Wildman–Crippen LogP) is 4.60. The summed E-state index contributed by atoms with van der Waals surface area (Å²) in [6.07, 6.45) is 4.72. The number of hydrogen-bond acceptors (Lipinski definition) is 4. The van der Waals surface area contributed by atoms with Gasteiger partial charge >= 0.3 is 12.1 Å².